The molecule has 0 aromatic carbocycles. The molecular weight excluding hydrogens is 190 g/mol. The molecule has 0 aromatic heterocycles. The molecule has 4 unspecified atom stereocenters. The van der Waals surface area contributed by atoms with E-state index in [4.69, 9.17) is 5.11 Å². The van der Waals surface area contributed by atoms with Crippen LogP contribution in [0, 0.1) is 17.8 Å². The molecule has 4 atom stereocenters. The van der Waals surface area contributed by atoms with Gasteiger partial charge in [-0.3, -0.25) is 4.79 Å². The average Bonchev–Trinajstić information content (AvgIpc) is 2.78. The Bertz CT molecular complexity index is 242. The largest absolute Gasteiger partial charge is 0.396 e. The molecule has 0 heterocycles. The van der Waals surface area contributed by atoms with Crippen LogP contribution in [-0.2, 0) is 4.79 Å². The molecule has 0 aromatic rings. The molecule has 3 nitrogen and oxygen atoms in total. The second-order valence-corrected chi connectivity index (χ2v) is 5.20. The highest BCUT2D eigenvalue weighted by Gasteiger charge is 2.43. The first-order valence-corrected chi connectivity index (χ1v) is 6.12. The van der Waals surface area contributed by atoms with Gasteiger partial charge in [0.15, 0.2) is 0 Å². The standard InChI is InChI=1S/C12H21NO2/c1-8(4-5-14)13-12(15)11-7-9-2-3-10(11)6-9/h8-11,14H,2-7H2,1H3,(H,13,15). The van der Waals surface area contributed by atoms with E-state index in [0.29, 0.717) is 12.3 Å². The molecule has 0 spiro atoms. The van der Waals surface area contributed by atoms with Crippen molar-refractivity contribution in [3.63, 3.8) is 0 Å². The van der Waals surface area contributed by atoms with Gasteiger partial charge in [0, 0.05) is 18.6 Å². The van der Waals surface area contributed by atoms with Crippen LogP contribution in [0.25, 0.3) is 0 Å². The Morgan fingerprint density at radius 3 is 2.80 bits per heavy atom. The summed E-state index contributed by atoms with van der Waals surface area (Å²) >= 11 is 0. The lowest BCUT2D eigenvalue weighted by molar-refractivity contribution is -0.127. The lowest BCUT2D eigenvalue weighted by Crippen LogP contribution is -2.39. The molecule has 1 amide bonds. The molecule has 2 N–H and O–H groups in total. The van der Waals surface area contributed by atoms with E-state index in [2.05, 4.69) is 5.32 Å². The van der Waals surface area contributed by atoms with E-state index in [1.807, 2.05) is 6.92 Å². The summed E-state index contributed by atoms with van der Waals surface area (Å²) in [7, 11) is 0. The maximum Gasteiger partial charge on any atom is 0.223 e. The van der Waals surface area contributed by atoms with Gasteiger partial charge < -0.3 is 10.4 Å². The van der Waals surface area contributed by atoms with Crippen LogP contribution in [-0.4, -0.2) is 23.7 Å². The van der Waals surface area contributed by atoms with Crippen LogP contribution in [0.5, 0.6) is 0 Å². The normalized spacial score (nSPS) is 35.5. The summed E-state index contributed by atoms with van der Waals surface area (Å²) in [4.78, 5) is 11.9. The lowest BCUT2D eigenvalue weighted by atomic mass is 9.88. The van der Waals surface area contributed by atoms with E-state index in [1.165, 1.54) is 19.3 Å². The monoisotopic (exact) mass is 211 g/mol. The Morgan fingerprint density at radius 2 is 2.27 bits per heavy atom. The van der Waals surface area contributed by atoms with Gasteiger partial charge in [0.05, 0.1) is 0 Å². The molecule has 0 saturated heterocycles. The van der Waals surface area contributed by atoms with Crippen molar-refractivity contribution in [2.75, 3.05) is 6.61 Å². The zero-order chi connectivity index (χ0) is 10.8. The smallest absolute Gasteiger partial charge is 0.223 e. The van der Waals surface area contributed by atoms with Crippen LogP contribution in [0.4, 0.5) is 0 Å². The number of rotatable bonds is 4. The maximum absolute atomic E-state index is 11.9. The third-order valence-corrected chi connectivity index (χ3v) is 4.03. The second-order valence-electron chi connectivity index (χ2n) is 5.20. The molecule has 15 heavy (non-hydrogen) atoms. The third-order valence-electron chi connectivity index (χ3n) is 4.03. The minimum atomic E-state index is 0.113. The minimum Gasteiger partial charge on any atom is -0.396 e. The number of hydrogen-bond donors (Lipinski definition) is 2. The Kier molecular flexibility index (Phi) is 3.29. The quantitative estimate of drug-likeness (QED) is 0.736. The molecule has 3 heteroatoms. The van der Waals surface area contributed by atoms with Crippen LogP contribution >= 0.6 is 0 Å². The maximum atomic E-state index is 11.9. The molecule has 2 saturated carbocycles. The first-order chi connectivity index (χ1) is 7.20. The van der Waals surface area contributed by atoms with Gasteiger partial charge in [0.25, 0.3) is 0 Å². The van der Waals surface area contributed by atoms with Crippen molar-refractivity contribution in [3.8, 4) is 0 Å². The summed E-state index contributed by atoms with van der Waals surface area (Å²) in [5, 5.41) is 11.8. The van der Waals surface area contributed by atoms with Crippen molar-refractivity contribution in [1.29, 1.82) is 0 Å². The van der Waals surface area contributed by atoms with Gasteiger partial charge in [-0.1, -0.05) is 6.42 Å². The number of carbonyl (C=O) groups is 1. The summed E-state index contributed by atoms with van der Waals surface area (Å²) in [6.45, 7) is 2.11. The van der Waals surface area contributed by atoms with Crippen molar-refractivity contribution < 1.29 is 9.90 Å². The summed E-state index contributed by atoms with van der Waals surface area (Å²) < 4.78 is 0. The summed E-state index contributed by atoms with van der Waals surface area (Å²) in [5.74, 6) is 1.96. The van der Waals surface area contributed by atoms with E-state index in [-0.39, 0.29) is 24.5 Å². The first-order valence-electron chi connectivity index (χ1n) is 6.12. The third kappa shape index (κ3) is 2.33. The Labute approximate surface area is 91.2 Å². The molecule has 2 aliphatic carbocycles. The number of aliphatic hydroxyl groups is 1. The number of aliphatic hydroxyl groups excluding tert-OH is 1. The molecule has 2 aliphatic rings. The highest BCUT2D eigenvalue weighted by Crippen LogP contribution is 2.48. The van der Waals surface area contributed by atoms with Crippen molar-refractivity contribution >= 4 is 5.91 Å². The molecule has 0 aliphatic heterocycles. The van der Waals surface area contributed by atoms with Gasteiger partial charge in [0.1, 0.15) is 0 Å². The van der Waals surface area contributed by atoms with E-state index in [1.54, 1.807) is 0 Å². The van der Waals surface area contributed by atoms with Gasteiger partial charge in [-0.05, 0) is 44.4 Å². The molecular formula is C12H21NO2. The van der Waals surface area contributed by atoms with Gasteiger partial charge in [0.2, 0.25) is 5.91 Å². The Morgan fingerprint density at radius 1 is 1.47 bits per heavy atom. The van der Waals surface area contributed by atoms with Crippen LogP contribution in [0.3, 0.4) is 0 Å². The molecule has 2 rings (SSSR count). The van der Waals surface area contributed by atoms with E-state index >= 15 is 0 Å². The lowest BCUT2D eigenvalue weighted by Gasteiger charge is -2.23. The van der Waals surface area contributed by atoms with Crippen molar-refractivity contribution in [2.24, 2.45) is 17.8 Å². The van der Waals surface area contributed by atoms with Gasteiger partial charge in [-0.2, -0.15) is 0 Å². The van der Waals surface area contributed by atoms with Crippen molar-refractivity contribution in [1.82, 2.24) is 5.32 Å². The number of fused-ring (bicyclic) bond motifs is 2. The number of hydrogen-bond acceptors (Lipinski definition) is 2. The minimum absolute atomic E-state index is 0.113. The zero-order valence-electron chi connectivity index (χ0n) is 9.41. The van der Waals surface area contributed by atoms with E-state index in [0.717, 1.165) is 12.3 Å². The fourth-order valence-electron chi connectivity index (χ4n) is 3.18. The zero-order valence-corrected chi connectivity index (χ0v) is 9.41. The number of carbonyl (C=O) groups excluding carboxylic acids is 1. The van der Waals surface area contributed by atoms with Crippen LogP contribution in [0.2, 0.25) is 0 Å². The average molecular weight is 211 g/mol. The predicted molar refractivity (Wildman–Crippen MR) is 58.2 cm³/mol. The van der Waals surface area contributed by atoms with Crippen LogP contribution < -0.4 is 5.32 Å². The predicted octanol–water partition coefficient (Wildman–Crippen LogP) is 1.31. The highest BCUT2D eigenvalue weighted by molar-refractivity contribution is 5.79. The van der Waals surface area contributed by atoms with Gasteiger partial charge >= 0.3 is 0 Å². The Hall–Kier alpha value is -0.570. The fourth-order valence-corrected chi connectivity index (χ4v) is 3.18. The first kappa shape index (κ1) is 10.9. The number of nitrogens with one attached hydrogen (secondary N) is 1. The van der Waals surface area contributed by atoms with Crippen LogP contribution in [0.15, 0.2) is 0 Å². The summed E-state index contributed by atoms with van der Waals surface area (Å²) in [5.41, 5.74) is 0. The summed E-state index contributed by atoms with van der Waals surface area (Å²) in [6.07, 6.45) is 5.61. The topological polar surface area (TPSA) is 49.3 Å². The van der Waals surface area contributed by atoms with Crippen molar-refractivity contribution in [3.05, 3.63) is 0 Å². The fraction of sp³-hybridized carbons (Fsp3) is 0.917. The number of amides is 1. The van der Waals surface area contributed by atoms with E-state index in [9.17, 15) is 4.79 Å². The molecule has 86 valence electrons. The molecule has 2 fully saturated rings. The SMILES string of the molecule is CC(CCO)NC(=O)C1CC2CCC1C2. The van der Waals surface area contributed by atoms with Crippen molar-refractivity contribution in [2.45, 2.75) is 45.1 Å². The highest BCUT2D eigenvalue weighted by atomic mass is 16.3. The van der Waals surface area contributed by atoms with E-state index < -0.39 is 0 Å². The molecule has 2 bridgehead atoms. The van der Waals surface area contributed by atoms with Gasteiger partial charge in [-0.25, -0.2) is 0 Å². The second kappa shape index (κ2) is 4.52. The summed E-state index contributed by atoms with van der Waals surface area (Å²) in [6, 6.07) is 0.113. The Balaban J connectivity index is 1.81. The molecule has 0 radical (unpaired) electrons. The van der Waals surface area contributed by atoms with Gasteiger partial charge in [-0.15, -0.1) is 0 Å². The van der Waals surface area contributed by atoms with Crippen LogP contribution in [0.1, 0.15) is 39.0 Å².